The smallest absolute Gasteiger partial charge is 0.317 e. The van der Waals surface area contributed by atoms with Crippen molar-refractivity contribution in [1.29, 1.82) is 0 Å². The second-order valence-corrected chi connectivity index (χ2v) is 5.97. The molecule has 0 N–H and O–H groups in total. The van der Waals surface area contributed by atoms with Gasteiger partial charge in [0, 0.05) is 36.5 Å². The van der Waals surface area contributed by atoms with Gasteiger partial charge in [-0.15, -0.1) is 0 Å². The van der Waals surface area contributed by atoms with E-state index in [1.165, 1.54) is 12.8 Å². The topological polar surface area (TPSA) is 38.2 Å². The number of benzene rings is 1. The monoisotopic (exact) mass is 269 g/mol. The van der Waals surface area contributed by atoms with Gasteiger partial charge in [-0.25, -0.2) is 4.98 Å². The average molecular weight is 269 g/mol. The van der Waals surface area contributed by atoms with E-state index in [9.17, 15) is 0 Å². The SMILES string of the molecule is CN1[C@@H]2CC[C@H]1C[C@H](Oc1ncc3ccccc3n1)C2. The molecule has 1 aromatic carbocycles. The molecule has 2 saturated heterocycles. The number of fused-ring (bicyclic) bond motifs is 3. The Balaban J connectivity index is 1.53. The van der Waals surface area contributed by atoms with E-state index in [1.54, 1.807) is 0 Å². The van der Waals surface area contributed by atoms with Crippen LogP contribution in [-0.4, -0.2) is 40.1 Å². The molecule has 2 bridgehead atoms. The van der Waals surface area contributed by atoms with Gasteiger partial charge < -0.3 is 9.64 Å². The van der Waals surface area contributed by atoms with Crippen LogP contribution >= 0.6 is 0 Å². The second-order valence-electron chi connectivity index (χ2n) is 5.97. The molecule has 2 aliphatic heterocycles. The summed E-state index contributed by atoms with van der Waals surface area (Å²) in [5.41, 5.74) is 0.952. The molecule has 2 aliphatic rings. The molecule has 0 amide bonds. The van der Waals surface area contributed by atoms with Gasteiger partial charge in [-0.3, -0.25) is 0 Å². The van der Waals surface area contributed by atoms with Crippen molar-refractivity contribution in [1.82, 2.24) is 14.9 Å². The van der Waals surface area contributed by atoms with E-state index in [2.05, 4.69) is 21.9 Å². The van der Waals surface area contributed by atoms with Crippen LogP contribution in [-0.2, 0) is 0 Å². The summed E-state index contributed by atoms with van der Waals surface area (Å²) in [5, 5.41) is 1.06. The van der Waals surface area contributed by atoms with Crippen LogP contribution in [0.15, 0.2) is 30.5 Å². The Bertz CT molecular complexity index is 616. The van der Waals surface area contributed by atoms with Gasteiger partial charge in [0.2, 0.25) is 0 Å². The van der Waals surface area contributed by atoms with Crippen molar-refractivity contribution in [3.8, 4) is 6.01 Å². The van der Waals surface area contributed by atoms with Crippen molar-refractivity contribution in [2.45, 2.75) is 43.9 Å². The van der Waals surface area contributed by atoms with Gasteiger partial charge in [0.25, 0.3) is 0 Å². The van der Waals surface area contributed by atoms with Crippen LogP contribution in [0.3, 0.4) is 0 Å². The number of rotatable bonds is 2. The van der Waals surface area contributed by atoms with Gasteiger partial charge in [-0.05, 0) is 26.0 Å². The lowest BCUT2D eigenvalue weighted by molar-refractivity contribution is 0.0603. The second kappa shape index (κ2) is 4.70. The Morgan fingerprint density at radius 3 is 2.70 bits per heavy atom. The van der Waals surface area contributed by atoms with E-state index < -0.39 is 0 Å². The highest BCUT2D eigenvalue weighted by Crippen LogP contribution is 2.35. The quantitative estimate of drug-likeness (QED) is 0.840. The molecule has 20 heavy (non-hydrogen) atoms. The number of hydrogen-bond acceptors (Lipinski definition) is 4. The van der Waals surface area contributed by atoms with Gasteiger partial charge in [0.15, 0.2) is 0 Å². The predicted octanol–water partition coefficient (Wildman–Crippen LogP) is 2.63. The Labute approximate surface area is 118 Å². The van der Waals surface area contributed by atoms with Crippen molar-refractivity contribution in [2.75, 3.05) is 7.05 Å². The molecule has 2 aromatic rings. The molecular formula is C16H19N3O. The van der Waals surface area contributed by atoms with Crippen molar-refractivity contribution < 1.29 is 4.74 Å². The highest BCUT2D eigenvalue weighted by Gasteiger charge is 2.39. The lowest BCUT2D eigenvalue weighted by Crippen LogP contribution is -2.44. The molecule has 4 nitrogen and oxygen atoms in total. The number of aromatic nitrogens is 2. The third-order valence-corrected chi connectivity index (χ3v) is 4.79. The maximum absolute atomic E-state index is 6.04. The summed E-state index contributed by atoms with van der Waals surface area (Å²) in [7, 11) is 2.24. The normalized spacial score (nSPS) is 29.8. The van der Waals surface area contributed by atoms with Crippen LogP contribution < -0.4 is 4.74 Å². The van der Waals surface area contributed by atoms with Crippen LogP contribution in [0.5, 0.6) is 6.01 Å². The van der Waals surface area contributed by atoms with Crippen LogP contribution in [0.4, 0.5) is 0 Å². The minimum atomic E-state index is 0.268. The van der Waals surface area contributed by atoms with Crippen molar-refractivity contribution in [3.05, 3.63) is 30.5 Å². The summed E-state index contributed by atoms with van der Waals surface area (Å²) in [6.07, 6.45) is 6.93. The molecule has 0 unspecified atom stereocenters. The number of nitrogens with zero attached hydrogens (tertiary/aromatic N) is 3. The van der Waals surface area contributed by atoms with E-state index in [4.69, 9.17) is 4.74 Å². The van der Waals surface area contributed by atoms with Gasteiger partial charge >= 0.3 is 6.01 Å². The fourth-order valence-corrected chi connectivity index (χ4v) is 3.62. The molecule has 104 valence electrons. The molecule has 0 spiro atoms. The molecule has 0 aliphatic carbocycles. The molecule has 2 fully saturated rings. The maximum atomic E-state index is 6.04. The molecule has 0 radical (unpaired) electrons. The summed E-state index contributed by atoms with van der Waals surface area (Å²) in [6, 6.07) is 9.91. The molecule has 0 saturated carbocycles. The third kappa shape index (κ3) is 2.04. The van der Waals surface area contributed by atoms with Crippen molar-refractivity contribution in [3.63, 3.8) is 0 Å². The largest absolute Gasteiger partial charge is 0.460 e. The van der Waals surface area contributed by atoms with Crippen molar-refractivity contribution in [2.24, 2.45) is 0 Å². The number of hydrogen-bond donors (Lipinski definition) is 0. The summed E-state index contributed by atoms with van der Waals surface area (Å²) in [6.45, 7) is 0. The molecule has 4 heteroatoms. The first-order valence-electron chi connectivity index (χ1n) is 7.40. The first-order valence-corrected chi connectivity index (χ1v) is 7.40. The van der Waals surface area contributed by atoms with Crippen LogP contribution in [0, 0.1) is 0 Å². The molecular weight excluding hydrogens is 250 g/mol. The summed E-state index contributed by atoms with van der Waals surface area (Å²) >= 11 is 0. The fourth-order valence-electron chi connectivity index (χ4n) is 3.62. The first-order chi connectivity index (χ1) is 9.79. The van der Waals surface area contributed by atoms with Crippen LogP contribution in [0.25, 0.3) is 10.9 Å². The average Bonchev–Trinajstić information content (AvgIpc) is 2.70. The third-order valence-electron chi connectivity index (χ3n) is 4.79. The predicted molar refractivity (Wildman–Crippen MR) is 77.8 cm³/mol. The molecule has 3 heterocycles. The number of para-hydroxylation sites is 1. The minimum Gasteiger partial charge on any atom is -0.460 e. The van der Waals surface area contributed by atoms with E-state index >= 15 is 0 Å². The lowest BCUT2D eigenvalue weighted by Gasteiger charge is -2.35. The Kier molecular flexibility index (Phi) is 2.84. The summed E-state index contributed by atoms with van der Waals surface area (Å²) in [4.78, 5) is 11.4. The zero-order valence-electron chi connectivity index (χ0n) is 11.7. The number of piperidine rings is 1. The Morgan fingerprint density at radius 1 is 1.15 bits per heavy atom. The van der Waals surface area contributed by atoms with E-state index in [-0.39, 0.29) is 6.10 Å². The molecule has 1 aromatic heterocycles. The van der Waals surface area contributed by atoms with E-state index in [0.29, 0.717) is 18.1 Å². The zero-order chi connectivity index (χ0) is 13.5. The van der Waals surface area contributed by atoms with Gasteiger partial charge in [-0.1, -0.05) is 18.2 Å². The van der Waals surface area contributed by atoms with E-state index in [1.807, 2.05) is 30.5 Å². The first kappa shape index (κ1) is 12.1. The lowest BCUT2D eigenvalue weighted by atomic mass is 10.0. The van der Waals surface area contributed by atoms with Gasteiger partial charge in [0.05, 0.1) is 5.52 Å². The van der Waals surface area contributed by atoms with E-state index in [0.717, 1.165) is 23.7 Å². The highest BCUT2D eigenvalue weighted by atomic mass is 16.5. The summed E-state index contributed by atoms with van der Waals surface area (Å²) < 4.78 is 6.04. The van der Waals surface area contributed by atoms with Gasteiger partial charge in [0.1, 0.15) is 6.10 Å². The minimum absolute atomic E-state index is 0.268. The zero-order valence-corrected chi connectivity index (χ0v) is 11.7. The van der Waals surface area contributed by atoms with Crippen LogP contribution in [0.1, 0.15) is 25.7 Å². The number of ether oxygens (including phenoxy) is 1. The fraction of sp³-hybridized carbons (Fsp3) is 0.500. The summed E-state index contributed by atoms with van der Waals surface area (Å²) in [5.74, 6) is 0. The molecule has 4 rings (SSSR count). The highest BCUT2D eigenvalue weighted by molar-refractivity contribution is 5.77. The van der Waals surface area contributed by atoms with Gasteiger partial charge in [-0.2, -0.15) is 4.98 Å². The standard InChI is InChI=1S/C16H19N3O/c1-19-12-6-7-13(19)9-14(8-12)20-16-17-10-11-4-2-3-5-15(11)18-16/h2-5,10,12-14H,6-9H2,1H3/t12-,13+,14-. The van der Waals surface area contributed by atoms with Crippen molar-refractivity contribution >= 4 is 10.9 Å². The molecule has 3 atom stereocenters. The Morgan fingerprint density at radius 2 is 1.90 bits per heavy atom. The Hall–Kier alpha value is -1.68. The maximum Gasteiger partial charge on any atom is 0.317 e. The van der Waals surface area contributed by atoms with Crippen LogP contribution in [0.2, 0.25) is 0 Å².